The molecule has 0 aromatic heterocycles. The van der Waals surface area contributed by atoms with Crippen LogP contribution in [0.25, 0.3) is 21.3 Å². The van der Waals surface area contributed by atoms with Gasteiger partial charge in [0.15, 0.2) is 0 Å². The van der Waals surface area contributed by atoms with E-state index in [-0.39, 0.29) is 156 Å². The zero-order chi connectivity index (χ0) is 29.1. The van der Waals surface area contributed by atoms with Gasteiger partial charge >= 0.3 is 77.9 Å². The smallest absolute Gasteiger partial charge is 0.465 e. The predicted molar refractivity (Wildman–Crippen MR) is 192 cm³/mol. The van der Waals surface area contributed by atoms with Crippen LogP contribution in [0.4, 0.5) is 0 Å². The molecule has 0 aromatic carbocycles. The molecule has 0 unspecified atom stereocenters. The molecule has 0 rings (SSSR count). The van der Waals surface area contributed by atoms with Crippen molar-refractivity contribution < 1.29 is 77.9 Å². The van der Waals surface area contributed by atoms with Crippen LogP contribution >= 0.6 is 0 Å². The van der Waals surface area contributed by atoms with Gasteiger partial charge in [0.1, 0.15) is 0 Å². The van der Waals surface area contributed by atoms with E-state index in [2.05, 4.69) is 111 Å². The summed E-state index contributed by atoms with van der Waals surface area (Å²) in [4.78, 5) is 20.5. The molecule has 0 radical (unpaired) electrons. The first-order valence-electron chi connectivity index (χ1n) is 14.1. The van der Waals surface area contributed by atoms with Crippen LogP contribution in [0.5, 0.6) is 0 Å². The van der Waals surface area contributed by atoms with E-state index >= 15 is 0 Å². The van der Waals surface area contributed by atoms with Gasteiger partial charge in [0.25, 0.3) is 0 Å². The largest absolute Gasteiger partial charge is 2.00 e. The molecule has 0 aliphatic heterocycles. The van der Waals surface area contributed by atoms with Crippen LogP contribution < -0.4 is 0 Å². The maximum atomic E-state index is 5.12. The van der Waals surface area contributed by atoms with E-state index in [1.807, 2.05) is 0 Å². The van der Waals surface area contributed by atoms with E-state index < -0.39 is 5.41 Å². The zero-order valence-electron chi connectivity index (χ0n) is 33.5. The van der Waals surface area contributed by atoms with Crippen molar-refractivity contribution in [3.63, 3.8) is 0 Å². The van der Waals surface area contributed by atoms with Crippen LogP contribution in [0.15, 0.2) is 20.0 Å². The average Bonchev–Trinajstić information content (AvgIpc) is 2.64. The summed E-state index contributed by atoms with van der Waals surface area (Å²) in [5, 5.41) is 20.5. The Bertz CT molecular complexity index is 671. The van der Waals surface area contributed by atoms with Crippen molar-refractivity contribution in [2.45, 2.75) is 159 Å². The summed E-state index contributed by atoms with van der Waals surface area (Å²) in [5.74, 6) is 2.26. The number of hydrogen-bond acceptors (Lipinski definition) is 4. The molecule has 0 saturated heterocycles. The molecule has 45 heavy (non-hydrogen) atoms. The maximum absolute atomic E-state index is 5.12. The Hall–Kier alpha value is 0.374. The third kappa shape index (κ3) is 25.1. The molecule has 248 valence electrons. The van der Waals surface area contributed by atoms with Crippen molar-refractivity contribution in [3.05, 3.63) is 51.0 Å². The molecular formula is C33H68N8Zn4. The van der Waals surface area contributed by atoms with Crippen LogP contribution in [0.3, 0.4) is 0 Å². The molecular weight excluding hydrogens is 770 g/mol. The summed E-state index contributed by atoms with van der Waals surface area (Å²) >= 11 is 0. The second-order valence-electron chi connectivity index (χ2n) is 11.8. The minimum absolute atomic E-state index is 0. The van der Waals surface area contributed by atoms with Crippen LogP contribution in [0.2, 0.25) is 0 Å². The summed E-state index contributed by atoms with van der Waals surface area (Å²) in [6.07, 6.45) is 0. The molecule has 0 N–H and O–H groups in total. The topological polar surface area (TPSA) is 106 Å². The molecule has 0 fully saturated rings. The Labute approximate surface area is 334 Å². The Balaban J connectivity index is -0.000000231. The van der Waals surface area contributed by atoms with E-state index in [9.17, 15) is 0 Å². The fourth-order valence-corrected chi connectivity index (χ4v) is 3.46. The van der Waals surface area contributed by atoms with Crippen molar-refractivity contribution in [2.24, 2.45) is 25.4 Å². The fraction of sp³-hybridized carbons (Fsp3) is 0.758. The van der Waals surface area contributed by atoms with E-state index in [0.717, 1.165) is 0 Å². The summed E-state index contributed by atoms with van der Waals surface area (Å²) < 4.78 is 0. The molecule has 0 aromatic rings. The Morgan fingerprint density at radius 3 is 0.556 bits per heavy atom. The Morgan fingerprint density at radius 1 is 0.333 bits per heavy atom. The van der Waals surface area contributed by atoms with E-state index in [4.69, 9.17) is 41.2 Å². The van der Waals surface area contributed by atoms with Crippen LogP contribution in [-0.4, -0.2) is 71.7 Å². The number of hydrogen-bond donors (Lipinski definition) is 0. The van der Waals surface area contributed by atoms with Gasteiger partial charge in [-0.25, -0.2) is 0 Å². The second kappa shape index (κ2) is 32.9. The van der Waals surface area contributed by atoms with Crippen molar-refractivity contribution >= 4 is 23.3 Å². The first-order valence-corrected chi connectivity index (χ1v) is 14.1. The van der Waals surface area contributed by atoms with Gasteiger partial charge in [0, 0.05) is 5.41 Å². The van der Waals surface area contributed by atoms with Gasteiger partial charge in [-0.3, -0.25) is 0 Å². The molecule has 0 spiro atoms. The second-order valence-corrected chi connectivity index (χ2v) is 11.8. The SMILES string of the molecule is CC(C)N=C([N-]C(C)C)C(C(=NC(C)C)[N-]C(C)C)(C(=NC(C)C)[N-]C(C)C)C(=NC(C)C)[N-]C(C)C.[CH3-].[CH3-].[CH3-].[CH3-].[Zn+2].[Zn+2].[Zn+2].[Zn+2]. The van der Waals surface area contributed by atoms with Crippen molar-refractivity contribution in [1.82, 2.24) is 0 Å². The number of amidine groups is 4. The summed E-state index contributed by atoms with van der Waals surface area (Å²) in [6.45, 7) is 32.8. The molecule has 0 amide bonds. The Kier molecular flexibility index (Phi) is 49.4. The molecule has 0 atom stereocenters. The van der Waals surface area contributed by atoms with Crippen LogP contribution in [0, 0.1) is 35.1 Å². The quantitative estimate of drug-likeness (QED) is 0.0808. The first-order chi connectivity index (χ1) is 16.9. The van der Waals surface area contributed by atoms with Crippen molar-refractivity contribution in [1.29, 1.82) is 0 Å². The predicted octanol–water partition coefficient (Wildman–Crippen LogP) is 10.1. The van der Waals surface area contributed by atoms with Gasteiger partial charge in [-0.1, -0.05) is 134 Å². The minimum Gasteiger partial charge on any atom is -0.465 e. The zero-order valence-corrected chi connectivity index (χ0v) is 45.4. The van der Waals surface area contributed by atoms with E-state index in [1.54, 1.807) is 0 Å². The summed E-state index contributed by atoms with van der Waals surface area (Å²) in [7, 11) is 0. The normalized spacial score (nSPS) is 13.3. The van der Waals surface area contributed by atoms with Crippen molar-refractivity contribution in [2.75, 3.05) is 0 Å². The van der Waals surface area contributed by atoms with Crippen LogP contribution in [-0.2, 0) is 77.9 Å². The van der Waals surface area contributed by atoms with Gasteiger partial charge in [-0.2, -0.15) is 0 Å². The van der Waals surface area contributed by atoms with Crippen molar-refractivity contribution in [3.8, 4) is 0 Å². The van der Waals surface area contributed by atoms with Crippen LogP contribution in [0.1, 0.15) is 111 Å². The van der Waals surface area contributed by atoms with E-state index in [0.29, 0.717) is 23.3 Å². The number of rotatable bonds is 12. The first kappa shape index (κ1) is 67.5. The average molecular weight is 839 g/mol. The number of nitrogens with zero attached hydrogens (tertiary/aromatic N) is 8. The van der Waals surface area contributed by atoms with Gasteiger partial charge in [0.05, 0.1) is 0 Å². The minimum atomic E-state index is -1.24. The maximum Gasteiger partial charge on any atom is 2.00 e. The molecule has 8 nitrogen and oxygen atoms in total. The molecule has 0 aliphatic rings. The molecule has 0 aliphatic carbocycles. The van der Waals surface area contributed by atoms with Gasteiger partial charge in [0.2, 0.25) is 0 Å². The molecule has 12 heteroatoms. The third-order valence-electron chi connectivity index (χ3n) is 4.39. The third-order valence-corrected chi connectivity index (χ3v) is 4.39. The number of aliphatic imine (C=N–C) groups is 4. The van der Waals surface area contributed by atoms with E-state index in [1.165, 1.54) is 0 Å². The molecule has 0 heterocycles. The molecule has 0 saturated carbocycles. The standard InChI is InChI=1S/C29H56N8.4CH3.4Zn/c1-17(2)30-25(31-18(3)4)29(26(32-19(5)6)33-20(7)8,27(34-21(9)10)35-22(11)12)28(36-23(13)14)37-24(15)16;;;;;;;;/h17-24H,1-16H3;4*1H3;;;;/q-4;4*-1;4*+2. The van der Waals surface area contributed by atoms with Gasteiger partial charge < -0.3 is 70.9 Å². The molecule has 0 bridgehead atoms. The summed E-state index contributed by atoms with van der Waals surface area (Å²) in [6, 6.07) is -0.260. The fourth-order valence-electron chi connectivity index (χ4n) is 3.46. The van der Waals surface area contributed by atoms with Gasteiger partial charge in [-0.15, -0.1) is 0 Å². The Morgan fingerprint density at radius 2 is 0.467 bits per heavy atom. The van der Waals surface area contributed by atoms with Gasteiger partial charge in [-0.05, 0) is 48.3 Å². The monoisotopic (exact) mass is 832 g/mol. The summed E-state index contributed by atoms with van der Waals surface area (Å²) in [5.41, 5.74) is -1.24.